The summed E-state index contributed by atoms with van der Waals surface area (Å²) in [5, 5.41) is 1.99. The molecule has 0 saturated heterocycles. The number of rotatable bonds is 4. The maximum Gasteiger partial charge on any atom is 0.314 e. The van der Waals surface area contributed by atoms with E-state index in [1.165, 1.54) is 0 Å². The lowest BCUT2D eigenvalue weighted by Gasteiger charge is -2.38. The minimum atomic E-state index is -0.548. The van der Waals surface area contributed by atoms with Gasteiger partial charge in [0.2, 0.25) is 5.91 Å². The van der Waals surface area contributed by atoms with Crippen molar-refractivity contribution < 1.29 is 14.3 Å². The molecule has 1 saturated carbocycles. The standard InChI is InChI=1S/C18H23NO3S/c1-2-22-17(21)18-9-3-4-11-19(15(18)8-5-10-18)16(20)13-14-7-6-12-23-14/h3-4,6-7,12,15H,2,5,8-11,13H2,1H3/t15-,18-/m1/s1. The van der Waals surface area contributed by atoms with Crippen LogP contribution < -0.4 is 0 Å². The van der Waals surface area contributed by atoms with Crippen molar-refractivity contribution in [3.63, 3.8) is 0 Å². The number of carbonyl (C=O) groups excluding carboxylic acids is 2. The van der Waals surface area contributed by atoms with E-state index in [2.05, 4.69) is 0 Å². The van der Waals surface area contributed by atoms with Crippen molar-refractivity contribution in [3.8, 4) is 0 Å². The quantitative estimate of drug-likeness (QED) is 0.628. The number of hydrogen-bond donors (Lipinski definition) is 0. The summed E-state index contributed by atoms with van der Waals surface area (Å²) >= 11 is 1.60. The molecular formula is C18H23NO3S. The Morgan fingerprint density at radius 3 is 3.04 bits per heavy atom. The Morgan fingerprint density at radius 2 is 2.30 bits per heavy atom. The first-order chi connectivity index (χ1) is 11.2. The Morgan fingerprint density at radius 1 is 1.43 bits per heavy atom. The molecule has 0 spiro atoms. The van der Waals surface area contributed by atoms with Gasteiger partial charge in [0.15, 0.2) is 0 Å². The van der Waals surface area contributed by atoms with E-state index < -0.39 is 5.41 Å². The summed E-state index contributed by atoms with van der Waals surface area (Å²) in [6.45, 7) is 2.82. The summed E-state index contributed by atoms with van der Waals surface area (Å²) in [7, 11) is 0. The van der Waals surface area contributed by atoms with Gasteiger partial charge in [-0.2, -0.15) is 0 Å². The molecule has 4 nitrogen and oxygen atoms in total. The van der Waals surface area contributed by atoms with Crippen molar-refractivity contribution in [1.82, 2.24) is 4.90 Å². The second kappa shape index (κ2) is 6.87. The number of allylic oxidation sites excluding steroid dienone is 1. The molecule has 0 N–H and O–H groups in total. The van der Waals surface area contributed by atoms with E-state index in [0.717, 1.165) is 24.1 Å². The first-order valence-electron chi connectivity index (χ1n) is 8.31. The van der Waals surface area contributed by atoms with E-state index >= 15 is 0 Å². The Kier molecular flexibility index (Phi) is 4.85. The van der Waals surface area contributed by atoms with Crippen molar-refractivity contribution in [2.75, 3.05) is 13.2 Å². The Balaban J connectivity index is 1.84. The molecule has 1 aromatic heterocycles. The van der Waals surface area contributed by atoms with E-state index in [4.69, 9.17) is 4.74 Å². The van der Waals surface area contributed by atoms with Crippen molar-refractivity contribution >= 4 is 23.2 Å². The highest BCUT2D eigenvalue weighted by molar-refractivity contribution is 7.10. The largest absolute Gasteiger partial charge is 0.465 e. The SMILES string of the molecule is CCOC(=O)[C@@]12CC=CCN(C(=O)Cc3cccs3)[C@@H]1CCC2. The first-order valence-corrected chi connectivity index (χ1v) is 9.19. The zero-order valence-electron chi connectivity index (χ0n) is 13.5. The molecule has 23 heavy (non-hydrogen) atoms. The number of nitrogens with zero attached hydrogens (tertiary/aromatic N) is 1. The average molecular weight is 333 g/mol. The van der Waals surface area contributed by atoms with Crippen LogP contribution in [0.15, 0.2) is 29.7 Å². The maximum absolute atomic E-state index is 12.8. The Hall–Kier alpha value is -1.62. The van der Waals surface area contributed by atoms with E-state index in [-0.39, 0.29) is 17.9 Å². The van der Waals surface area contributed by atoms with Gasteiger partial charge in [0.05, 0.1) is 18.4 Å². The van der Waals surface area contributed by atoms with Crippen LogP contribution in [0, 0.1) is 5.41 Å². The highest BCUT2D eigenvalue weighted by Crippen LogP contribution is 2.46. The minimum Gasteiger partial charge on any atom is -0.465 e. The Labute approximate surface area is 141 Å². The van der Waals surface area contributed by atoms with Crippen LogP contribution in [0.5, 0.6) is 0 Å². The molecule has 1 aliphatic carbocycles. The van der Waals surface area contributed by atoms with E-state index in [0.29, 0.717) is 26.0 Å². The summed E-state index contributed by atoms with van der Waals surface area (Å²) in [6, 6.07) is 3.92. The van der Waals surface area contributed by atoms with Gasteiger partial charge in [-0.3, -0.25) is 9.59 Å². The van der Waals surface area contributed by atoms with Crippen LogP contribution in [-0.4, -0.2) is 36.0 Å². The zero-order valence-corrected chi connectivity index (χ0v) is 14.3. The summed E-state index contributed by atoms with van der Waals surface area (Å²) in [5.74, 6) is -0.0254. The smallest absolute Gasteiger partial charge is 0.314 e. The van der Waals surface area contributed by atoms with Crippen molar-refractivity contribution in [1.29, 1.82) is 0 Å². The van der Waals surface area contributed by atoms with Gasteiger partial charge in [-0.1, -0.05) is 24.6 Å². The number of esters is 1. The molecule has 0 aromatic carbocycles. The lowest BCUT2D eigenvalue weighted by atomic mass is 9.79. The highest BCUT2D eigenvalue weighted by Gasteiger charge is 2.53. The van der Waals surface area contributed by atoms with Crippen LogP contribution in [0.3, 0.4) is 0 Å². The average Bonchev–Trinajstić information content (AvgIpc) is 3.15. The molecule has 0 radical (unpaired) electrons. The summed E-state index contributed by atoms with van der Waals surface area (Å²) in [6.07, 6.45) is 7.83. The monoisotopic (exact) mass is 333 g/mol. The van der Waals surface area contributed by atoms with E-state index in [1.807, 2.05) is 41.5 Å². The number of ether oxygens (including phenoxy) is 1. The van der Waals surface area contributed by atoms with Gasteiger partial charge in [-0.25, -0.2) is 0 Å². The number of hydrogen-bond acceptors (Lipinski definition) is 4. The fourth-order valence-corrected chi connectivity index (χ4v) is 4.59. The molecule has 5 heteroatoms. The third kappa shape index (κ3) is 3.07. The highest BCUT2D eigenvalue weighted by atomic mass is 32.1. The number of fused-ring (bicyclic) bond motifs is 1. The predicted molar refractivity (Wildman–Crippen MR) is 90.2 cm³/mol. The third-order valence-corrected chi connectivity index (χ3v) is 5.85. The molecule has 2 atom stereocenters. The fraction of sp³-hybridized carbons (Fsp3) is 0.556. The molecule has 1 amide bonds. The minimum absolute atomic E-state index is 0.0380. The van der Waals surface area contributed by atoms with Gasteiger partial charge < -0.3 is 9.64 Å². The van der Waals surface area contributed by atoms with Crippen LogP contribution >= 0.6 is 11.3 Å². The molecule has 124 valence electrons. The number of amides is 1. The third-order valence-electron chi connectivity index (χ3n) is 4.97. The molecule has 1 fully saturated rings. The molecule has 2 heterocycles. The van der Waals surface area contributed by atoms with Gasteiger partial charge in [0, 0.05) is 17.5 Å². The summed E-state index contributed by atoms with van der Waals surface area (Å²) < 4.78 is 5.37. The van der Waals surface area contributed by atoms with E-state index in [1.54, 1.807) is 11.3 Å². The normalized spacial score (nSPS) is 26.7. The van der Waals surface area contributed by atoms with E-state index in [9.17, 15) is 9.59 Å². The van der Waals surface area contributed by atoms with Crippen LogP contribution in [0.1, 0.15) is 37.5 Å². The molecule has 2 aliphatic rings. The van der Waals surface area contributed by atoms with Crippen LogP contribution in [0.2, 0.25) is 0 Å². The lowest BCUT2D eigenvalue weighted by Crippen LogP contribution is -2.51. The summed E-state index contributed by atoms with van der Waals surface area (Å²) in [4.78, 5) is 28.5. The molecule has 3 rings (SSSR count). The second-order valence-corrected chi connectivity index (χ2v) is 7.29. The fourth-order valence-electron chi connectivity index (χ4n) is 3.89. The van der Waals surface area contributed by atoms with Gasteiger partial charge >= 0.3 is 5.97 Å². The zero-order chi connectivity index (χ0) is 16.3. The topological polar surface area (TPSA) is 46.6 Å². The maximum atomic E-state index is 12.8. The van der Waals surface area contributed by atoms with Crippen LogP contribution in [-0.2, 0) is 20.7 Å². The Bertz CT molecular complexity index is 595. The summed E-state index contributed by atoms with van der Waals surface area (Å²) in [5.41, 5.74) is -0.548. The van der Waals surface area contributed by atoms with Crippen molar-refractivity contribution in [2.45, 2.75) is 45.1 Å². The molecule has 0 unspecified atom stereocenters. The van der Waals surface area contributed by atoms with Gasteiger partial charge in [0.1, 0.15) is 0 Å². The molecule has 0 bridgehead atoms. The van der Waals surface area contributed by atoms with Crippen molar-refractivity contribution in [2.24, 2.45) is 5.41 Å². The van der Waals surface area contributed by atoms with Gasteiger partial charge in [-0.05, 0) is 37.6 Å². The predicted octanol–water partition coefficient (Wildman–Crippen LogP) is 3.18. The van der Waals surface area contributed by atoms with Crippen molar-refractivity contribution in [3.05, 3.63) is 34.5 Å². The van der Waals surface area contributed by atoms with Gasteiger partial charge in [0.25, 0.3) is 0 Å². The van der Waals surface area contributed by atoms with Gasteiger partial charge in [-0.15, -0.1) is 11.3 Å². The molecule has 1 aromatic rings. The molecular weight excluding hydrogens is 310 g/mol. The first kappa shape index (κ1) is 16.2. The molecule has 1 aliphatic heterocycles. The number of thiophene rings is 1. The second-order valence-electron chi connectivity index (χ2n) is 6.26. The van der Waals surface area contributed by atoms with Crippen LogP contribution in [0.25, 0.3) is 0 Å². The lowest BCUT2D eigenvalue weighted by molar-refractivity contribution is -0.159. The van der Waals surface area contributed by atoms with Crippen LogP contribution in [0.4, 0.5) is 0 Å². The number of carbonyl (C=O) groups is 2.